The molecular formula is C12H16N4O2. The quantitative estimate of drug-likeness (QED) is 0.635. The van der Waals surface area contributed by atoms with Crippen LogP contribution in [0.1, 0.15) is 23.3 Å². The number of amides is 2. The van der Waals surface area contributed by atoms with Gasteiger partial charge in [0.15, 0.2) is 5.69 Å². The molecule has 1 aromatic rings. The standard InChI is InChI=1S/C12H16N4O2/c13-9-2-1-5-14-10(9)12(18)16-7-6-15-11(17)8-3-4-8/h1-2,5,8H,3-4,6-7,13H2,(H,15,17)(H,16,18). The second-order valence-electron chi connectivity index (χ2n) is 4.26. The summed E-state index contributed by atoms with van der Waals surface area (Å²) in [5, 5.41) is 5.42. The van der Waals surface area contributed by atoms with Crippen molar-refractivity contribution in [2.75, 3.05) is 18.8 Å². The first kappa shape index (κ1) is 12.3. The van der Waals surface area contributed by atoms with Gasteiger partial charge in [-0.05, 0) is 25.0 Å². The zero-order valence-electron chi connectivity index (χ0n) is 9.98. The van der Waals surface area contributed by atoms with E-state index in [-0.39, 0.29) is 23.4 Å². The van der Waals surface area contributed by atoms with E-state index in [4.69, 9.17) is 5.73 Å². The van der Waals surface area contributed by atoms with E-state index in [0.717, 1.165) is 12.8 Å². The molecule has 0 radical (unpaired) electrons. The molecule has 0 bridgehead atoms. The van der Waals surface area contributed by atoms with Gasteiger partial charge >= 0.3 is 0 Å². The highest BCUT2D eigenvalue weighted by Gasteiger charge is 2.28. The number of aromatic nitrogens is 1. The van der Waals surface area contributed by atoms with Crippen molar-refractivity contribution in [2.24, 2.45) is 5.92 Å². The molecule has 1 aromatic heterocycles. The summed E-state index contributed by atoms with van der Waals surface area (Å²) in [6.07, 6.45) is 3.46. The van der Waals surface area contributed by atoms with E-state index >= 15 is 0 Å². The van der Waals surface area contributed by atoms with Crippen LogP contribution in [0.2, 0.25) is 0 Å². The lowest BCUT2D eigenvalue weighted by Gasteiger charge is -2.07. The molecule has 6 nitrogen and oxygen atoms in total. The molecule has 1 heterocycles. The van der Waals surface area contributed by atoms with E-state index in [2.05, 4.69) is 15.6 Å². The van der Waals surface area contributed by atoms with Crippen LogP contribution < -0.4 is 16.4 Å². The van der Waals surface area contributed by atoms with Crippen molar-refractivity contribution in [2.45, 2.75) is 12.8 Å². The van der Waals surface area contributed by atoms with Gasteiger partial charge in [-0.2, -0.15) is 0 Å². The summed E-state index contributed by atoms with van der Waals surface area (Å²) in [7, 11) is 0. The van der Waals surface area contributed by atoms with Gasteiger partial charge in [-0.1, -0.05) is 0 Å². The van der Waals surface area contributed by atoms with Crippen LogP contribution in [-0.4, -0.2) is 29.9 Å². The molecule has 0 atom stereocenters. The Kier molecular flexibility index (Phi) is 3.76. The number of hydrogen-bond donors (Lipinski definition) is 3. The van der Waals surface area contributed by atoms with Gasteiger partial charge in [0.05, 0.1) is 5.69 Å². The Morgan fingerprint density at radius 2 is 2.06 bits per heavy atom. The van der Waals surface area contributed by atoms with Gasteiger partial charge in [-0.15, -0.1) is 0 Å². The number of anilines is 1. The van der Waals surface area contributed by atoms with E-state index in [0.29, 0.717) is 18.8 Å². The molecule has 18 heavy (non-hydrogen) atoms. The van der Waals surface area contributed by atoms with Crippen molar-refractivity contribution in [1.29, 1.82) is 0 Å². The lowest BCUT2D eigenvalue weighted by molar-refractivity contribution is -0.122. The van der Waals surface area contributed by atoms with Gasteiger partial charge in [0.1, 0.15) is 0 Å². The molecular weight excluding hydrogens is 232 g/mol. The highest BCUT2D eigenvalue weighted by atomic mass is 16.2. The molecule has 0 saturated heterocycles. The van der Waals surface area contributed by atoms with Crippen LogP contribution in [-0.2, 0) is 4.79 Å². The number of carbonyl (C=O) groups excluding carboxylic acids is 2. The smallest absolute Gasteiger partial charge is 0.272 e. The Hall–Kier alpha value is -2.11. The van der Waals surface area contributed by atoms with Crippen LogP contribution in [0.15, 0.2) is 18.3 Å². The highest BCUT2D eigenvalue weighted by molar-refractivity contribution is 5.97. The normalized spacial score (nSPS) is 14.0. The Morgan fingerprint density at radius 1 is 1.33 bits per heavy atom. The molecule has 1 saturated carbocycles. The minimum Gasteiger partial charge on any atom is -0.397 e. The molecule has 2 amide bonds. The summed E-state index contributed by atoms with van der Waals surface area (Å²) in [5.74, 6) is -0.0671. The third-order valence-corrected chi connectivity index (χ3v) is 2.71. The number of pyridine rings is 1. The van der Waals surface area contributed by atoms with Crippen LogP contribution in [0.3, 0.4) is 0 Å². The lowest BCUT2D eigenvalue weighted by atomic mass is 10.3. The largest absolute Gasteiger partial charge is 0.397 e. The molecule has 0 unspecified atom stereocenters. The Balaban J connectivity index is 1.71. The van der Waals surface area contributed by atoms with Crippen molar-refractivity contribution in [3.8, 4) is 0 Å². The summed E-state index contributed by atoms with van der Waals surface area (Å²) in [5.41, 5.74) is 6.19. The van der Waals surface area contributed by atoms with Crippen molar-refractivity contribution in [3.63, 3.8) is 0 Å². The van der Waals surface area contributed by atoms with Gasteiger partial charge in [-0.25, -0.2) is 4.98 Å². The topological polar surface area (TPSA) is 97.1 Å². The molecule has 4 N–H and O–H groups in total. The second kappa shape index (κ2) is 5.48. The lowest BCUT2D eigenvalue weighted by Crippen LogP contribution is -2.35. The number of nitrogens with two attached hydrogens (primary N) is 1. The van der Waals surface area contributed by atoms with Gasteiger partial charge < -0.3 is 16.4 Å². The summed E-state index contributed by atoms with van der Waals surface area (Å²) in [6, 6.07) is 3.29. The summed E-state index contributed by atoms with van der Waals surface area (Å²) in [4.78, 5) is 26.9. The molecule has 0 aliphatic heterocycles. The monoisotopic (exact) mass is 248 g/mol. The van der Waals surface area contributed by atoms with Crippen LogP contribution in [0.5, 0.6) is 0 Å². The van der Waals surface area contributed by atoms with Gasteiger partial charge in [0, 0.05) is 25.2 Å². The first-order valence-electron chi connectivity index (χ1n) is 5.95. The fourth-order valence-electron chi connectivity index (χ4n) is 1.54. The van der Waals surface area contributed by atoms with E-state index in [1.165, 1.54) is 6.20 Å². The van der Waals surface area contributed by atoms with Crippen LogP contribution in [0, 0.1) is 5.92 Å². The first-order chi connectivity index (χ1) is 8.68. The van der Waals surface area contributed by atoms with Gasteiger partial charge in [0.2, 0.25) is 5.91 Å². The predicted molar refractivity (Wildman–Crippen MR) is 66.7 cm³/mol. The molecule has 0 spiro atoms. The van der Waals surface area contributed by atoms with E-state index in [1.54, 1.807) is 12.1 Å². The van der Waals surface area contributed by atoms with E-state index in [9.17, 15) is 9.59 Å². The Labute approximate surface area is 105 Å². The minimum absolute atomic E-state index is 0.0709. The number of rotatable bonds is 5. The van der Waals surface area contributed by atoms with Gasteiger partial charge in [0.25, 0.3) is 5.91 Å². The molecule has 0 aromatic carbocycles. The highest BCUT2D eigenvalue weighted by Crippen LogP contribution is 2.28. The minimum atomic E-state index is -0.325. The zero-order valence-corrected chi connectivity index (χ0v) is 9.98. The van der Waals surface area contributed by atoms with Crippen LogP contribution in [0.25, 0.3) is 0 Å². The Bertz CT molecular complexity index is 457. The van der Waals surface area contributed by atoms with Crippen molar-refractivity contribution >= 4 is 17.5 Å². The summed E-state index contributed by atoms with van der Waals surface area (Å²) < 4.78 is 0. The van der Waals surface area contributed by atoms with Crippen LogP contribution >= 0.6 is 0 Å². The SMILES string of the molecule is Nc1cccnc1C(=O)NCCNC(=O)C1CC1. The van der Waals surface area contributed by atoms with Crippen molar-refractivity contribution in [1.82, 2.24) is 15.6 Å². The van der Waals surface area contributed by atoms with Crippen LogP contribution in [0.4, 0.5) is 5.69 Å². The van der Waals surface area contributed by atoms with Crippen molar-refractivity contribution in [3.05, 3.63) is 24.0 Å². The summed E-state index contributed by atoms with van der Waals surface area (Å²) >= 11 is 0. The van der Waals surface area contributed by atoms with E-state index in [1.807, 2.05) is 0 Å². The van der Waals surface area contributed by atoms with Crippen molar-refractivity contribution < 1.29 is 9.59 Å². The zero-order chi connectivity index (χ0) is 13.0. The first-order valence-corrected chi connectivity index (χ1v) is 5.95. The van der Waals surface area contributed by atoms with Gasteiger partial charge in [-0.3, -0.25) is 9.59 Å². The molecule has 1 fully saturated rings. The third-order valence-electron chi connectivity index (χ3n) is 2.71. The fraction of sp³-hybridized carbons (Fsp3) is 0.417. The Morgan fingerprint density at radius 3 is 2.72 bits per heavy atom. The molecule has 6 heteroatoms. The number of nitrogens with one attached hydrogen (secondary N) is 2. The third kappa shape index (κ3) is 3.19. The number of nitrogen functional groups attached to an aromatic ring is 1. The maximum Gasteiger partial charge on any atom is 0.272 e. The van der Waals surface area contributed by atoms with E-state index < -0.39 is 0 Å². The number of hydrogen-bond acceptors (Lipinski definition) is 4. The summed E-state index contributed by atoms with van der Waals surface area (Å²) in [6.45, 7) is 0.793. The number of carbonyl (C=O) groups is 2. The average molecular weight is 248 g/mol. The maximum absolute atomic E-state index is 11.7. The fourth-order valence-corrected chi connectivity index (χ4v) is 1.54. The molecule has 96 valence electrons. The predicted octanol–water partition coefficient (Wildman–Crippen LogP) is -0.0802. The second-order valence-corrected chi connectivity index (χ2v) is 4.26. The average Bonchev–Trinajstić information content (AvgIpc) is 3.19. The number of nitrogens with zero attached hydrogens (tertiary/aromatic N) is 1. The molecule has 2 rings (SSSR count). The maximum atomic E-state index is 11.7. The molecule has 1 aliphatic rings. The molecule has 1 aliphatic carbocycles.